The Bertz CT molecular complexity index is 646. The van der Waals surface area contributed by atoms with E-state index in [-0.39, 0.29) is 0 Å². The van der Waals surface area contributed by atoms with Gasteiger partial charge in [0.2, 0.25) is 0 Å². The van der Waals surface area contributed by atoms with Gasteiger partial charge < -0.3 is 5.73 Å². The van der Waals surface area contributed by atoms with E-state index < -0.39 is 0 Å². The third-order valence-electron chi connectivity index (χ3n) is 2.31. The van der Waals surface area contributed by atoms with Crippen molar-refractivity contribution < 1.29 is 0 Å². The Morgan fingerprint density at radius 2 is 2.47 bits per heavy atom. The molecule has 0 amide bonds. The van der Waals surface area contributed by atoms with Crippen molar-refractivity contribution in [2.45, 2.75) is 0 Å². The number of pyridine rings is 1. The molecule has 0 aliphatic heterocycles. The molecule has 2 aromatic rings. The Morgan fingerprint density at radius 3 is 3.12 bits per heavy atom. The van der Waals surface area contributed by atoms with Crippen LogP contribution in [0.5, 0.6) is 0 Å². The Kier molecular flexibility index (Phi) is 3.17. The van der Waals surface area contributed by atoms with E-state index in [0.29, 0.717) is 11.3 Å². The van der Waals surface area contributed by atoms with Gasteiger partial charge in [-0.3, -0.25) is 4.99 Å². The number of allylic oxidation sites excluding steroid dienone is 1. The molecule has 0 aromatic carbocycles. The maximum absolute atomic E-state index is 9.24. The van der Waals surface area contributed by atoms with E-state index in [1.807, 2.05) is 12.1 Å². The number of nitrogens with zero attached hydrogens (tertiary/aromatic N) is 3. The van der Waals surface area contributed by atoms with Crippen molar-refractivity contribution in [3.63, 3.8) is 0 Å². The predicted molar refractivity (Wildman–Crippen MR) is 70.1 cm³/mol. The molecular weight excluding hydrogens is 232 g/mol. The summed E-state index contributed by atoms with van der Waals surface area (Å²) in [6.45, 7) is 0. The zero-order valence-corrected chi connectivity index (χ0v) is 10.0. The van der Waals surface area contributed by atoms with Crippen molar-refractivity contribution in [3.8, 4) is 6.07 Å². The van der Waals surface area contributed by atoms with Crippen LogP contribution in [0.4, 0.5) is 0 Å². The highest BCUT2D eigenvalue weighted by Gasteiger charge is 2.15. The maximum atomic E-state index is 9.24. The van der Waals surface area contributed by atoms with Gasteiger partial charge in [0.1, 0.15) is 10.9 Å². The summed E-state index contributed by atoms with van der Waals surface area (Å²) in [6.07, 6.45) is 4.82. The largest absolute Gasteiger partial charge is 0.405 e. The Morgan fingerprint density at radius 1 is 1.65 bits per heavy atom. The predicted octanol–water partition coefficient (Wildman–Crippen LogP) is 2.06. The lowest BCUT2D eigenvalue weighted by atomic mass is 10.1. The van der Waals surface area contributed by atoms with Gasteiger partial charge in [-0.15, -0.1) is 11.3 Å². The Balaban J connectivity index is 2.74. The zero-order chi connectivity index (χ0) is 12.3. The van der Waals surface area contributed by atoms with Gasteiger partial charge in [-0.2, -0.15) is 5.26 Å². The van der Waals surface area contributed by atoms with Gasteiger partial charge in [-0.25, -0.2) is 4.98 Å². The zero-order valence-electron chi connectivity index (χ0n) is 9.21. The quantitative estimate of drug-likeness (QED) is 0.819. The number of nitriles is 1. The van der Waals surface area contributed by atoms with E-state index in [9.17, 15) is 5.26 Å². The summed E-state index contributed by atoms with van der Waals surface area (Å²) in [5, 5.41) is 10.1. The normalized spacial score (nSPS) is 12.1. The lowest BCUT2D eigenvalue weighted by Gasteiger charge is -1.95. The third-order valence-corrected chi connectivity index (χ3v) is 3.44. The summed E-state index contributed by atoms with van der Waals surface area (Å²) in [7, 11) is 1.67. The van der Waals surface area contributed by atoms with Crippen LogP contribution >= 0.6 is 11.3 Å². The number of aromatic nitrogens is 1. The highest BCUT2D eigenvalue weighted by atomic mass is 32.1. The fraction of sp³-hybridized carbons (Fsp3) is 0.0833. The molecule has 84 valence electrons. The fourth-order valence-corrected chi connectivity index (χ4v) is 2.68. The number of thiophene rings is 1. The van der Waals surface area contributed by atoms with Crippen LogP contribution in [0.1, 0.15) is 10.4 Å². The first-order valence-electron chi connectivity index (χ1n) is 4.95. The monoisotopic (exact) mass is 242 g/mol. The van der Waals surface area contributed by atoms with Gasteiger partial charge in [-0.1, -0.05) is 0 Å². The summed E-state index contributed by atoms with van der Waals surface area (Å²) in [4.78, 5) is 10.0. The van der Waals surface area contributed by atoms with E-state index in [0.717, 1.165) is 15.1 Å². The van der Waals surface area contributed by atoms with E-state index in [1.165, 1.54) is 17.5 Å². The van der Waals surface area contributed by atoms with Gasteiger partial charge in [0.15, 0.2) is 0 Å². The van der Waals surface area contributed by atoms with E-state index in [4.69, 9.17) is 5.73 Å². The first kappa shape index (κ1) is 11.3. The van der Waals surface area contributed by atoms with Crippen molar-refractivity contribution >= 4 is 27.3 Å². The molecule has 0 bridgehead atoms. The summed E-state index contributed by atoms with van der Waals surface area (Å²) >= 11 is 1.45. The van der Waals surface area contributed by atoms with Crippen LogP contribution < -0.4 is 5.73 Å². The molecular formula is C12H10N4S. The molecule has 0 aliphatic carbocycles. The summed E-state index contributed by atoms with van der Waals surface area (Å²) in [5.74, 6) is 0. The minimum atomic E-state index is 0.608. The number of rotatable bonds is 2. The van der Waals surface area contributed by atoms with Crippen LogP contribution in [0.3, 0.4) is 0 Å². The lowest BCUT2D eigenvalue weighted by Crippen LogP contribution is -1.97. The summed E-state index contributed by atoms with van der Waals surface area (Å²) in [6, 6.07) is 5.92. The molecule has 2 heterocycles. The van der Waals surface area contributed by atoms with E-state index in [1.54, 1.807) is 19.3 Å². The van der Waals surface area contributed by atoms with Crippen molar-refractivity contribution in [1.29, 1.82) is 5.26 Å². The molecule has 0 fully saturated rings. The molecule has 0 atom stereocenters. The summed E-state index contributed by atoms with van der Waals surface area (Å²) < 4.78 is 0. The van der Waals surface area contributed by atoms with Crippen LogP contribution in [0, 0.1) is 11.3 Å². The molecule has 0 spiro atoms. The van der Waals surface area contributed by atoms with Crippen LogP contribution in [-0.2, 0) is 0 Å². The molecule has 4 nitrogen and oxygen atoms in total. The molecule has 0 radical (unpaired) electrons. The second kappa shape index (κ2) is 4.76. The highest BCUT2D eigenvalue weighted by Crippen LogP contribution is 2.29. The minimum Gasteiger partial charge on any atom is -0.405 e. The topological polar surface area (TPSA) is 75.1 Å². The standard InChI is InChI=1S/C12H10N4S/c1-15-10(4-5-13)11-9(7-14)8-3-2-6-16-12(8)17-11/h2-6H,13H2,1H3. The molecule has 2 N–H and O–H groups in total. The van der Waals surface area contributed by atoms with Gasteiger partial charge in [0, 0.05) is 18.6 Å². The van der Waals surface area contributed by atoms with Crippen molar-refractivity contribution in [1.82, 2.24) is 4.98 Å². The maximum Gasteiger partial charge on any atom is 0.125 e. The number of nitrogens with two attached hydrogens (primary N) is 1. The molecule has 0 aliphatic rings. The Labute approximate surface area is 103 Å². The second-order valence-electron chi connectivity index (χ2n) is 3.24. The van der Waals surface area contributed by atoms with Gasteiger partial charge in [0.05, 0.1) is 16.2 Å². The van der Waals surface area contributed by atoms with Crippen LogP contribution in [0.2, 0.25) is 0 Å². The van der Waals surface area contributed by atoms with Gasteiger partial charge in [-0.05, 0) is 24.4 Å². The molecule has 2 rings (SSSR count). The van der Waals surface area contributed by atoms with Crippen LogP contribution in [0.25, 0.3) is 10.2 Å². The minimum absolute atomic E-state index is 0.608. The molecule has 0 saturated carbocycles. The molecule has 5 heteroatoms. The second-order valence-corrected chi connectivity index (χ2v) is 4.24. The van der Waals surface area contributed by atoms with Crippen molar-refractivity contribution in [2.24, 2.45) is 10.7 Å². The average Bonchev–Trinajstić information content (AvgIpc) is 2.74. The van der Waals surface area contributed by atoms with E-state index in [2.05, 4.69) is 16.0 Å². The first-order valence-corrected chi connectivity index (χ1v) is 5.76. The Hall–Kier alpha value is -2.19. The van der Waals surface area contributed by atoms with Crippen molar-refractivity contribution in [2.75, 3.05) is 7.05 Å². The number of aliphatic imine (C=N–C) groups is 1. The van der Waals surface area contributed by atoms with Gasteiger partial charge in [0.25, 0.3) is 0 Å². The molecule has 0 saturated heterocycles. The number of hydrogen-bond donors (Lipinski definition) is 1. The molecule has 0 unspecified atom stereocenters. The SMILES string of the molecule is CN=C(C=CN)c1sc2ncccc2c1C#N. The third kappa shape index (κ3) is 1.90. The molecule has 2 aromatic heterocycles. The highest BCUT2D eigenvalue weighted by molar-refractivity contribution is 7.21. The molecule has 17 heavy (non-hydrogen) atoms. The number of hydrogen-bond acceptors (Lipinski definition) is 5. The van der Waals surface area contributed by atoms with Crippen LogP contribution in [-0.4, -0.2) is 17.7 Å². The lowest BCUT2D eigenvalue weighted by molar-refractivity contribution is 1.43. The first-order chi connectivity index (χ1) is 8.31. The summed E-state index contributed by atoms with van der Waals surface area (Å²) in [5.41, 5.74) is 6.68. The van der Waals surface area contributed by atoms with Crippen molar-refractivity contribution in [3.05, 3.63) is 41.0 Å². The number of fused-ring (bicyclic) bond motifs is 1. The smallest absolute Gasteiger partial charge is 0.125 e. The van der Waals surface area contributed by atoms with E-state index >= 15 is 0 Å². The average molecular weight is 242 g/mol. The fourth-order valence-electron chi connectivity index (χ4n) is 1.57. The van der Waals surface area contributed by atoms with Gasteiger partial charge >= 0.3 is 0 Å². The van der Waals surface area contributed by atoms with Crippen LogP contribution in [0.15, 0.2) is 35.6 Å².